The van der Waals surface area contributed by atoms with Gasteiger partial charge >= 0.3 is 0 Å². The number of benzene rings is 1. The number of carbonyl (C=O) groups is 1. The summed E-state index contributed by atoms with van der Waals surface area (Å²) in [5.74, 6) is 0.0314. The molecule has 20 heavy (non-hydrogen) atoms. The van der Waals surface area contributed by atoms with Crippen molar-refractivity contribution in [1.29, 1.82) is 0 Å². The lowest BCUT2D eigenvalue weighted by Crippen LogP contribution is -2.42. The van der Waals surface area contributed by atoms with Crippen LogP contribution < -0.4 is 10.5 Å². The Hall–Kier alpha value is -2.24. The van der Waals surface area contributed by atoms with Crippen molar-refractivity contribution in [2.75, 3.05) is 13.2 Å². The molecule has 6 heteroatoms. The van der Waals surface area contributed by atoms with E-state index in [2.05, 4.69) is 5.16 Å². The van der Waals surface area contributed by atoms with Crippen molar-refractivity contribution in [3.05, 3.63) is 29.8 Å². The maximum Gasteiger partial charge on any atom is 0.233 e. The molecule has 1 aliphatic heterocycles. The molecule has 3 N–H and O–H groups in total. The Morgan fingerprint density at radius 2 is 2.30 bits per heavy atom. The number of ether oxygens (including phenoxy) is 1. The summed E-state index contributed by atoms with van der Waals surface area (Å²) in [7, 11) is 0. The van der Waals surface area contributed by atoms with Gasteiger partial charge in [-0.25, -0.2) is 0 Å². The van der Waals surface area contributed by atoms with Gasteiger partial charge in [0.05, 0.1) is 12.5 Å². The highest BCUT2D eigenvalue weighted by atomic mass is 16.5. The van der Waals surface area contributed by atoms with E-state index in [1.54, 1.807) is 4.90 Å². The van der Waals surface area contributed by atoms with Gasteiger partial charge in [0.1, 0.15) is 12.4 Å². The van der Waals surface area contributed by atoms with Gasteiger partial charge in [0.2, 0.25) is 5.91 Å². The van der Waals surface area contributed by atoms with Crippen molar-refractivity contribution in [2.45, 2.75) is 19.9 Å². The molecule has 0 saturated heterocycles. The van der Waals surface area contributed by atoms with Gasteiger partial charge in [-0.1, -0.05) is 30.3 Å². The molecule has 0 bridgehead atoms. The van der Waals surface area contributed by atoms with E-state index >= 15 is 0 Å². The number of oxime groups is 1. The van der Waals surface area contributed by atoms with Gasteiger partial charge in [0.25, 0.3) is 0 Å². The highest BCUT2D eigenvalue weighted by molar-refractivity contribution is 6.02. The number of amides is 1. The van der Waals surface area contributed by atoms with E-state index in [1.807, 2.05) is 31.2 Å². The quantitative estimate of drug-likeness (QED) is 0.376. The summed E-state index contributed by atoms with van der Waals surface area (Å²) in [4.78, 5) is 14.2. The Labute approximate surface area is 117 Å². The number of carbonyl (C=O) groups excluding carboxylic acids is 1. The van der Waals surface area contributed by atoms with Crippen LogP contribution in [0.25, 0.3) is 0 Å². The summed E-state index contributed by atoms with van der Waals surface area (Å²) in [6.45, 7) is 3.24. The molecule has 6 nitrogen and oxygen atoms in total. The molecular formula is C14H19N3O3. The third kappa shape index (κ3) is 2.84. The second kappa shape index (κ2) is 6.27. The monoisotopic (exact) mass is 277 g/mol. The lowest BCUT2D eigenvalue weighted by molar-refractivity contribution is -0.134. The van der Waals surface area contributed by atoms with Gasteiger partial charge < -0.3 is 20.6 Å². The predicted molar refractivity (Wildman–Crippen MR) is 74.5 cm³/mol. The minimum Gasteiger partial charge on any atom is -0.491 e. The molecule has 0 aromatic heterocycles. The van der Waals surface area contributed by atoms with E-state index in [9.17, 15) is 4.79 Å². The predicted octanol–water partition coefficient (Wildman–Crippen LogP) is 1.18. The second-order valence-corrected chi connectivity index (χ2v) is 4.70. The zero-order chi connectivity index (χ0) is 14.5. The van der Waals surface area contributed by atoms with Gasteiger partial charge in [0.15, 0.2) is 5.84 Å². The van der Waals surface area contributed by atoms with Crippen molar-refractivity contribution in [2.24, 2.45) is 16.8 Å². The number of amidine groups is 1. The van der Waals surface area contributed by atoms with Crippen molar-refractivity contribution < 1.29 is 14.7 Å². The third-order valence-electron chi connectivity index (χ3n) is 3.44. The Bertz CT molecular complexity index is 516. The largest absolute Gasteiger partial charge is 0.491 e. The number of fused-ring (bicyclic) bond motifs is 1. The van der Waals surface area contributed by atoms with Crippen LogP contribution >= 0.6 is 0 Å². The minimum absolute atomic E-state index is 0.0454. The lowest BCUT2D eigenvalue weighted by Gasteiger charge is -2.24. The van der Waals surface area contributed by atoms with Gasteiger partial charge in [-0.15, -0.1) is 0 Å². The lowest BCUT2D eigenvalue weighted by atomic mass is 10.0. The maximum atomic E-state index is 12.5. The first-order valence-electron chi connectivity index (χ1n) is 6.64. The number of rotatable bonds is 3. The molecule has 1 aliphatic rings. The van der Waals surface area contributed by atoms with E-state index in [-0.39, 0.29) is 11.7 Å². The first kappa shape index (κ1) is 14.2. The van der Waals surface area contributed by atoms with Crippen LogP contribution in [0.2, 0.25) is 0 Å². The third-order valence-corrected chi connectivity index (χ3v) is 3.44. The van der Waals surface area contributed by atoms with E-state index in [4.69, 9.17) is 15.7 Å². The zero-order valence-electron chi connectivity index (χ0n) is 11.5. The normalized spacial score (nSPS) is 16.9. The van der Waals surface area contributed by atoms with Crippen LogP contribution in [0.4, 0.5) is 0 Å². The van der Waals surface area contributed by atoms with Gasteiger partial charge in [-0.3, -0.25) is 4.79 Å². The Kier molecular flexibility index (Phi) is 4.45. The van der Waals surface area contributed by atoms with Crippen molar-refractivity contribution >= 4 is 11.7 Å². The fraction of sp³-hybridized carbons (Fsp3) is 0.429. The second-order valence-electron chi connectivity index (χ2n) is 4.70. The summed E-state index contributed by atoms with van der Waals surface area (Å²) in [5.41, 5.74) is 6.56. The zero-order valence-corrected chi connectivity index (χ0v) is 11.5. The molecule has 0 spiro atoms. The summed E-state index contributed by atoms with van der Waals surface area (Å²) >= 11 is 0. The molecule has 108 valence electrons. The number of nitrogens with two attached hydrogens (primary N) is 1. The minimum atomic E-state index is -0.592. The van der Waals surface area contributed by atoms with Crippen LogP contribution in [0.15, 0.2) is 29.4 Å². The van der Waals surface area contributed by atoms with E-state index in [0.717, 1.165) is 11.3 Å². The highest BCUT2D eigenvalue weighted by Crippen LogP contribution is 2.23. The fourth-order valence-electron chi connectivity index (χ4n) is 2.31. The van der Waals surface area contributed by atoms with Crippen LogP contribution in [0.1, 0.15) is 18.9 Å². The molecule has 1 atom stereocenters. The topological polar surface area (TPSA) is 88.2 Å². The molecule has 0 fully saturated rings. The fourth-order valence-corrected chi connectivity index (χ4v) is 2.31. The molecule has 2 rings (SSSR count). The summed E-state index contributed by atoms with van der Waals surface area (Å²) in [6, 6.07) is 7.65. The van der Waals surface area contributed by atoms with Crippen molar-refractivity contribution in [3.8, 4) is 5.75 Å². The number of hydrogen-bond acceptors (Lipinski definition) is 4. The molecule has 0 saturated carbocycles. The van der Waals surface area contributed by atoms with Crippen LogP contribution in [0.5, 0.6) is 5.75 Å². The molecule has 1 aromatic rings. The average molecular weight is 277 g/mol. The molecule has 1 amide bonds. The first-order chi connectivity index (χ1) is 9.67. The summed E-state index contributed by atoms with van der Waals surface area (Å²) in [5, 5.41) is 11.7. The van der Waals surface area contributed by atoms with Gasteiger partial charge in [-0.05, 0) is 12.5 Å². The van der Waals surface area contributed by atoms with E-state index in [0.29, 0.717) is 26.1 Å². The van der Waals surface area contributed by atoms with Crippen LogP contribution in [-0.4, -0.2) is 35.0 Å². The van der Waals surface area contributed by atoms with E-state index in [1.165, 1.54) is 0 Å². The van der Waals surface area contributed by atoms with Crippen LogP contribution in [0, 0.1) is 5.92 Å². The Morgan fingerprint density at radius 3 is 3.00 bits per heavy atom. The van der Waals surface area contributed by atoms with Gasteiger partial charge in [0, 0.05) is 12.1 Å². The maximum absolute atomic E-state index is 12.5. The smallest absolute Gasteiger partial charge is 0.233 e. The number of hydrogen-bond donors (Lipinski definition) is 2. The van der Waals surface area contributed by atoms with Crippen LogP contribution in [-0.2, 0) is 11.3 Å². The van der Waals surface area contributed by atoms with Crippen molar-refractivity contribution in [1.82, 2.24) is 4.90 Å². The molecule has 1 unspecified atom stereocenters. The number of para-hydroxylation sites is 1. The van der Waals surface area contributed by atoms with Crippen LogP contribution in [0.3, 0.4) is 0 Å². The molecule has 0 radical (unpaired) electrons. The Morgan fingerprint density at radius 1 is 1.55 bits per heavy atom. The summed E-state index contributed by atoms with van der Waals surface area (Å²) in [6.07, 6.45) is 0.494. The molecule has 0 aliphatic carbocycles. The van der Waals surface area contributed by atoms with Crippen molar-refractivity contribution in [3.63, 3.8) is 0 Å². The highest BCUT2D eigenvalue weighted by Gasteiger charge is 2.28. The SMILES string of the molecule is CCC(C(=O)N1CCOc2ccccc2C1)C(N)=NO. The summed E-state index contributed by atoms with van der Waals surface area (Å²) < 4.78 is 5.62. The standard InChI is InChI=1S/C14H19N3O3/c1-2-11(13(15)16-19)14(18)17-7-8-20-12-6-4-3-5-10(12)9-17/h3-6,11,19H,2,7-9H2,1H3,(H2,15,16). The first-order valence-corrected chi connectivity index (χ1v) is 6.64. The average Bonchev–Trinajstić information content (AvgIpc) is 2.69. The molecule has 1 aromatic carbocycles. The molecule has 1 heterocycles. The Balaban J connectivity index is 2.19. The number of nitrogens with zero attached hydrogens (tertiary/aromatic N) is 2. The van der Waals surface area contributed by atoms with Gasteiger partial charge in [-0.2, -0.15) is 0 Å². The molecular weight excluding hydrogens is 258 g/mol. The van der Waals surface area contributed by atoms with E-state index < -0.39 is 5.92 Å².